The number of carbonyl (C=O) groups is 2. The molecule has 0 aliphatic heterocycles. The van der Waals surface area contributed by atoms with Gasteiger partial charge in [-0.05, 0) is 53.4 Å². The average Bonchev–Trinajstić information content (AvgIpc) is 2.42. The van der Waals surface area contributed by atoms with E-state index in [9.17, 15) is 9.59 Å². The summed E-state index contributed by atoms with van der Waals surface area (Å²) in [5.74, 6) is -1.34. The lowest BCUT2D eigenvalue weighted by atomic mass is 10.1. The van der Waals surface area contributed by atoms with Crippen molar-refractivity contribution in [3.63, 3.8) is 0 Å². The number of Topliss-reactive ketones (excluding diaryl/α,β-unsaturated/α-hetero) is 1. The number of hydrogen-bond donors (Lipinski definition) is 1. The average molecular weight is 324 g/mol. The largest absolute Gasteiger partial charge is 0.475 e. The third kappa shape index (κ3) is 12.5. The minimum Gasteiger partial charge on any atom is -0.475 e. The Morgan fingerprint density at radius 3 is 2.00 bits per heavy atom. The van der Waals surface area contributed by atoms with Gasteiger partial charge in [0.05, 0.1) is 5.75 Å². The molecule has 1 N–H and O–H groups in total. The Morgan fingerprint density at radius 1 is 0.909 bits per heavy atom. The molecule has 0 rings (SSSR count). The quantitative estimate of drug-likeness (QED) is 0.337. The summed E-state index contributed by atoms with van der Waals surface area (Å²) in [6.07, 6.45) is 10.9. The van der Waals surface area contributed by atoms with Crippen LogP contribution in [0.5, 0.6) is 0 Å². The Morgan fingerprint density at radius 2 is 1.45 bits per heavy atom. The van der Waals surface area contributed by atoms with Gasteiger partial charge in [-0.15, -0.1) is 11.8 Å². The zero-order valence-electron chi connectivity index (χ0n) is 14.1. The normalized spacial score (nSPS) is 12.2. The predicted molar refractivity (Wildman–Crippen MR) is 95.4 cm³/mol. The molecule has 0 aromatic heterocycles. The minimum atomic E-state index is -1.35. The second kappa shape index (κ2) is 12.3. The number of thioether (sulfide) groups is 1. The van der Waals surface area contributed by atoms with E-state index in [1.54, 1.807) is 0 Å². The molecule has 22 heavy (non-hydrogen) atoms. The number of carbonyl (C=O) groups excluding carboxylic acids is 1. The van der Waals surface area contributed by atoms with E-state index in [0.29, 0.717) is 5.75 Å². The van der Waals surface area contributed by atoms with Crippen molar-refractivity contribution in [2.75, 3.05) is 11.5 Å². The van der Waals surface area contributed by atoms with Gasteiger partial charge in [-0.3, -0.25) is 4.79 Å². The highest BCUT2D eigenvalue weighted by molar-refractivity contribution is 8.00. The van der Waals surface area contributed by atoms with E-state index in [1.807, 2.05) is 0 Å². The molecule has 0 fully saturated rings. The summed E-state index contributed by atoms with van der Waals surface area (Å²) < 4.78 is 0. The van der Waals surface area contributed by atoms with E-state index in [4.69, 9.17) is 5.11 Å². The lowest BCUT2D eigenvalue weighted by molar-refractivity contribution is -0.147. The molecule has 0 amide bonds. The first-order chi connectivity index (χ1) is 10.3. The maximum Gasteiger partial charge on any atom is 0.373 e. The van der Waals surface area contributed by atoms with Gasteiger partial charge in [-0.2, -0.15) is 0 Å². The summed E-state index contributed by atoms with van der Waals surface area (Å²) in [6.45, 7) is 8.49. The van der Waals surface area contributed by atoms with E-state index < -0.39 is 11.8 Å². The highest BCUT2D eigenvalue weighted by atomic mass is 32.2. The Hall–Kier alpha value is -1.29. The molecule has 0 aliphatic rings. The molecule has 3 nitrogen and oxygen atoms in total. The standard InChI is InChI=1S/C18H28O3S/c1-14(2)7-5-8-15(3)9-6-10-16(4)11-12-22-13-17(19)18(20)21/h7,9,11H,5-6,8,10,12-13H2,1-4H3,(H,20,21)/b15-9+,16-11+. The van der Waals surface area contributed by atoms with Crippen molar-refractivity contribution in [3.05, 3.63) is 34.9 Å². The van der Waals surface area contributed by atoms with Gasteiger partial charge >= 0.3 is 5.97 Å². The lowest BCUT2D eigenvalue weighted by Gasteiger charge is -2.01. The van der Waals surface area contributed by atoms with Gasteiger partial charge in [0.2, 0.25) is 5.78 Å². The second-order valence-electron chi connectivity index (χ2n) is 5.70. The van der Waals surface area contributed by atoms with Crippen molar-refractivity contribution >= 4 is 23.5 Å². The van der Waals surface area contributed by atoms with Gasteiger partial charge in [-0.25, -0.2) is 4.79 Å². The van der Waals surface area contributed by atoms with Crippen molar-refractivity contribution in [1.82, 2.24) is 0 Å². The van der Waals surface area contributed by atoms with Crippen LogP contribution in [0.2, 0.25) is 0 Å². The minimum absolute atomic E-state index is 0.0441. The van der Waals surface area contributed by atoms with Crippen LogP contribution in [0.1, 0.15) is 53.4 Å². The predicted octanol–water partition coefficient (Wildman–Crippen LogP) is 4.79. The number of allylic oxidation sites excluding steroid dienone is 5. The highest BCUT2D eigenvalue weighted by Crippen LogP contribution is 2.12. The number of aliphatic carboxylic acids is 1. The summed E-state index contributed by atoms with van der Waals surface area (Å²) in [7, 11) is 0. The van der Waals surface area contributed by atoms with Gasteiger partial charge in [0.25, 0.3) is 0 Å². The van der Waals surface area contributed by atoms with Crippen molar-refractivity contribution in [1.29, 1.82) is 0 Å². The van der Waals surface area contributed by atoms with Gasteiger partial charge in [-0.1, -0.05) is 34.9 Å². The van der Waals surface area contributed by atoms with Gasteiger partial charge in [0, 0.05) is 5.75 Å². The third-order valence-corrected chi connectivity index (χ3v) is 4.01. The Balaban J connectivity index is 3.89. The van der Waals surface area contributed by atoms with Crippen molar-refractivity contribution in [3.8, 4) is 0 Å². The smallest absolute Gasteiger partial charge is 0.373 e. The van der Waals surface area contributed by atoms with Crippen molar-refractivity contribution in [2.45, 2.75) is 53.4 Å². The van der Waals surface area contributed by atoms with Crippen molar-refractivity contribution < 1.29 is 14.7 Å². The fraction of sp³-hybridized carbons (Fsp3) is 0.556. The highest BCUT2D eigenvalue weighted by Gasteiger charge is 2.09. The Labute approximate surface area is 138 Å². The molecule has 4 heteroatoms. The zero-order chi connectivity index (χ0) is 17.0. The van der Waals surface area contributed by atoms with Gasteiger partial charge in [0.1, 0.15) is 0 Å². The zero-order valence-corrected chi connectivity index (χ0v) is 15.0. The topological polar surface area (TPSA) is 54.4 Å². The van der Waals surface area contributed by atoms with Crippen LogP contribution in [0.15, 0.2) is 34.9 Å². The number of rotatable bonds is 11. The maximum atomic E-state index is 10.9. The van der Waals surface area contributed by atoms with Crippen LogP contribution in [0.4, 0.5) is 0 Å². The molecule has 0 spiro atoms. The molecule has 0 saturated heterocycles. The summed E-state index contributed by atoms with van der Waals surface area (Å²) in [6, 6.07) is 0. The molecule has 0 bridgehead atoms. The van der Waals surface area contributed by atoms with Gasteiger partial charge in [0.15, 0.2) is 0 Å². The van der Waals surface area contributed by atoms with E-state index >= 15 is 0 Å². The molecule has 0 radical (unpaired) electrons. The number of ketones is 1. The molecule has 0 heterocycles. The second-order valence-corrected chi connectivity index (χ2v) is 6.73. The molecular formula is C18H28O3S. The van der Waals surface area contributed by atoms with Crippen LogP contribution in [-0.2, 0) is 9.59 Å². The van der Waals surface area contributed by atoms with E-state index in [0.717, 1.165) is 25.7 Å². The fourth-order valence-electron chi connectivity index (χ4n) is 1.75. The first kappa shape index (κ1) is 20.7. The lowest BCUT2D eigenvalue weighted by Crippen LogP contribution is -2.14. The molecule has 124 valence electrons. The van der Waals surface area contributed by atoms with Crippen LogP contribution in [-0.4, -0.2) is 28.4 Å². The summed E-state index contributed by atoms with van der Waals surface area (Å²) in [4.78, 5) is 21.3. The van der Waals surface area contributed by atoms with E-state index in [-0.39, 0.29) is 5.75 Å². The van der Waals surface area contributed by atoms with Crippen LogP contribution in [0.25, 0.3) is 0 Å². The number of carboxylic acid groups (broad SMARTS) is 1. The molecular weight excluding hydrogens is 296 g/mol. The molecule has 0 aromatic rings. The van der Waals surface area contributed by atoms with Crippen LogP contribution >= 0.6 is 11.8 Å². The summed E-state index contributed by atoms with van der Waals surface area (Å²) in [5, 5.41) is 8.46. The van der Waals surface area contributed by atoms with Crippen LogP contribution < -0.4 is 0 Å². The van der Waals surface area contributed by atoms with Crippen LogP contribution in [0, 0.1) is 0 Å². The van der Waals surface area contributed by atoms with Gasteiger partial charge < -0.3 is 5.11 Å². The number of hydrogen-bond acceptors (Lipinski definition) is 3. The summed E-state index contributed by atoms with van der Waals surface area (Å²) >= 11 is 1.34. The Bertz CT molecular complexity index is 455. The fourth-order valence-corrected chi connectivity index (χ4v) is 2.58. The van der Waals surface area contributed by atoms with Crippen molar-refractivity contribution in [2.24, 2.45) is 0 Å². The molecule has 0 aromatic carbocycles. The third-order valence-electron chi connectivity index (χ3n) is 3.14. The number of carboxylic acids is 1. The monoisotopic (exact) mass is 324 g/mol. The van der Waals surface area contributed by atoms with E-state index in [2.05, 4.69) is 45.9 Å². The SMILES string of the molecule is CC(C)=CCC/C(C)=C/CC/C(C)=C/CSCC(=O)C(=O)O. The molecule has 0 atom stereocenters. The molecule has 0 unspecified atom stereocenters. The first-order valence-electron chi connectivity index (χ1n) is 7.61. The molecule has 0 saturated carbocycles. The van der Waals surface area contributed by atoms with E-state index in [1.165, 1.54) is 28.5 Å². The first-order valence-corrected chi connectivity index (χ1v) is 8.77. The maximum absolute atomic E-state index is 10.9. The van der Waals surface area contributed by atoms with Crippen LogP contribution in [0.3, 0.4) is 0 Å². The Kier molecular flexibility index (Phi) is 11.6. The molecule has 0 aliphatic carbocycles. The summed E-state index contributed by atoms with van der Waals surface area (Å²) in [5.41, 5.74) is 4.07.